The van der Waals surface area contributed by atoms with Crippen LogP contribution in [0.1, 0.15) is 0 Å². The number of hydrogen-bond donors (Lipinski definition) is 2. The SMILES string of the molecule is O=C1C=CC(=NNc2nc3ccc(Oc4ccc5nc(NN=C6C=CC(=O)C=C6)sc5c4)cc3s2)C=C1. The Morgan fingerprint density at radius 2 is 1.05 bits per heavy atom. The molecule has 2 aromatic carbocycles. The third-order valence-electron chi connectivity index (χ3n) is 5.19. The molecule has 0 bridgehead atoms. The first kappa shape index (κ1) is 22.7. The molecule has 0 saturated heterocycles. The predicted octanol–water partition coefficient (Wildman–Crippen LogP) is 5.62. The van der Waals surface area contributed by atoms with E-state index in [9.17, 15) is 9.59 Å². The highest BCUT2D eigenvalue weighted by atomic mass is 32.1. The zero-order valence-electron chi connectivity index (χ0n) is 18.9. The van der Waals surface area contributed by atoms with Crippen molar-refractivity contribution >= 4 is 76.4 Å². The molecule has 2 aliphatic carbocycles. The predicted molar refractivity (Wildman–Crippen MR) is 148 cm³/mol. The fraction of sp³-hybridized carbons (Fsp3) is 0. The summed E-state index contributed by atoms with van der Waals surface area (Å²) in [4.78, 5) is 31.5. The number of ether oxygens (including phenoxy) is 1. The largest absolute Gasteiger partial charge is 0.457 e. The van der Waals surface area contributed by atoms with Gasteiger partial charge in [-0.1, -0.05) is 22.7 Å². The minimum atomic E-state index is -0.0580. The molecule has 2 heterocycles. The normalized spacial score (nSPS) is 14.6. The second-order valence-electron chi connectivity index (χ2n) is 7.83. The number of carbonyl (C=O) groups excluding carboxylic acids is 2. The Hall–Kier alpha value is -4.74. The van der Waals surface area contributed by atoms with Crippen molar-refractivity contribution in [1.29, 1.82) is 0 Å². The molecule has 0 saturated carbocycles. The van der Waals surface area contributed by atoms with Crippen molar-refractivity contribution in [3.05, 3.63) is 85.0 Å². The third kappa shape index (κ3) is 5.27. The number of hydrogen-bond acceptors (Lipinski definition) is 11. The van der Waals surface area contributed by atoms with Crippen LogP contribution in [0.2, 0.25) is 0 Å². The Balaban J connectivity index is 1.15. The molecule has 0 spiro atoms. The topological polar surface area (TPSA) is 118 Å². The summed E-state index contributed by atoms with van der Waals surface area (Å²) in [6, 6.07) is 11.4. The number of hydrazone groups is 2. The van der Waals surface area contributed by atoms with Gasteiger partial charge in [0.1, 0.15) is 11.5 Å². The molecule has 11 heteroatoms. The molecule has 0 radical (unpaired) electrons. The number of nitrogens with one attached hydrogen (secondary N) is 2. The van der Waals surface area contributed by atoms with E-state index < -0.39 is 0 Å². The molecule has 0 unspecified atom stereocenters. The number of fused-ring (bicyclic) bond motifs is 2. The van der Waals surface area contributed by atoms with Gasteiger partial charge in [0.05, 0.1) is 31.9 Å². The number of thiazole rings is 2. The monoisotopic (exact) mass is 524 g/mol. The minimum Gasteiger partial charge on any atom is -0.457 e. The summed E-state index contributed by atoms with van der Waals surface area (Å²) in [5, 5.41) is 9.81. The number of allylic oxidation sites excluding steroid dienone is 8. The summed E-state index contributed by atoms with van der Waals surface area (Å²) in [5.41, 5.74) is 8.82. The molecule has 4 aromatic rings. The lowest BCUT2D eigenvalue weighted by Crippen LogP contribution is -2.01. The van der Waals surface area contributed by atoms with Gasteiger partial charge < -0.3 is 4.74 Å². The Morgan fingerprint density at radius 1 is 0.622 bits per heavy atom. The van der Waals surface area contributed by atoms with Crippen LogP contribution in [0.4, 0.5) is 10.3 Å². The Morgan fingerprint density at radius 3 is 1.49 bits per heavy atom. The molecular weight excluding hydrogens is 508 g/mol. The molecule has 0 aliphatic heterocycles. The Bertz CT molecular complexity index is 1590. The van der Waals surface area contributed by atoms with E-state index in [4.69, 9.17) is 4.74 Å². The van der Waals surface area contributed by atoms with Gasteiger partial charge in [0.25, 0.3) is 0 Å². The van der Waals surface area contributed by atoms with E-state index in [1.165, 1.54) is 47.0 Å². The summed E-state index contributed by atoms with van der Waals surface area (Å²) < 4.78 is 8.00. The summed E-state index contributed by atoms with van der Waals surface area (Å²) in [5.74, 6) is 1.25. The van der Waals surface area contributed by atoms with E-state index in [1.54, 1.807) is 24.3 Å². The average molecular weight is 525 g/mol. The highest BCUT2D eigenvalue weighted by Gasteiger charge is 2.09. The maximum absolute atomic E-state index is 11.2. The lowest BCUT2D eigenvalue weighted by Gasteiger charge is -2.05. The van der Waals surface area contributed by atoms with Gasteiger partial charge in [0.15, 0.2) is 11.6 Å². The first-order valence-corrected chi connectivity index (χ1v) is 12.7. The summed E-state index contributed by atoms with van der Waals surface area (Å²) in [6.07, 6.45) is 12.5. The maximum atomic E-state index is 11.2. The first-order chi connectivity index (χ1) is 18.1. The number of anilines is 2. The highest BCUT2D eigenvalue weighted by molar-refractivity contribution is 7.22. The lowest BCUT2D eigenvalue weighted by atomic mass is 10.2. The van der Waals surface area contributed by atoms with E-state index in [0.29, 0.717) is 33.2 Å². The highest BCUT2D eigenvalue weighted by Crippen LogP contribution is 2.34. The van der Waals surface area contributed by atoms with Crippen LogP contribution in [0.15, 0.2) is 95.2 Å². The van der Waals surface area contributed by atoms with Gasteiger partial charge in [-0.15, -0.1) is 0 Å². The van der Waals surface area contributed by atoms with Crippen molar-refractivity contribution in [2.75, 3.05) is 10.9 Å². The molecule has 0 atom stereocenters. The quantitative estimate of drug-likeness (QED) is 0.248. The fourth-order valence-corrected chi connectivity index (χ4v) is 5.11. The van der Waals surface area contributed by atoms with Crippen molar-refractivity contribution in [2.24, 2.45) is 10.2 Å². The van der Waals surface area contributed by atoms with E-state index in [0.717, 1.165) is 20.4 Å². The van der Waals surface area contributed by atoms with Crippen molar-refractivity contribution in [2.45, 2.75) is 0 Å². The maximum Gasteiger partial charge on any atom is 0.204 e. The molecule has 9 nitrogen and oxygen atoms in total. The number of rotatable bonds is 6. The molecule has 6 rings (SSSR count). The van der Waals surface area contributed by atoms with Crippen LogP contribution < -0.4 is 15.6 Å². The van der Waals surface area contributed by atoms with Crippen LogP contribution in [-0.4, -0.2) is 33.0 Å². The lowest BCUT2D eigenvalue weighted by molar-refractivity contribution is -0.111. The van der Waals surface area contributed by atoms with Gasteiger partial charge in [-0.2, -0.15) is 10.2 Å². The fourth-order valence-electron chi connectivity index (χ4n) is 3.43. The third-order valence-corrected chi connectivity index (χ3v) is 7.04. The van der Waals surface area contributed by atoms with Crippen LogP contribution in [0.3, 0.4) is 0 Å². The molecule has 0 amide bonds. The first-order valence-electron chi connectivity index (χ1n) is 11.0. The van der Waals surface area contributed by atoms with Gasteiger partial charge >= 0.3 is 0 Å². The molecule has 180 valence electrons. The van der Waals surface area contributed by atoms with Crippen LogP contribution >= 0.6 is 22.7 Å². The minimum absolute atomic E-state index is 0.0580. The van der Waals surface area contributed by atoms with Gasteiger partial charge in [-0.3, -0.25) is 20.4 Å². The van der Waals surface area contributed by atoms with Crippen molar-refractivity contribution in [3.63, 3.8) is 0 Å². The summed E-state index contributed by atoms with van der Waals surface area (Å²) in [7, 11) is 0. The molecule has 2 aromatic heterocycles. The van der Waals surface area contributed by atoms with Gasteiger partial charge in [0, 0.05) is 12.1 Å². The van der Waals surface area contributed by atoms with E-state index in [2.05, 4.69) is 31.0 Å². The molecule has 2 aliphatic rings. The van der Waals surface area contributed by atoms with Gasteiger partial charge in [-0.25, -0.2) is 9.97 Å². The van der Waals surface area contributed by atoms with E-state index in [1.807, 2.05) is 36.4 Å². The molecule has 37 heavy (non-hydrogen) atoms. The summed E-state index contributed by atoms with van der Waals surface area (Å²) in [6.45, 7) is 0. The number of nitrogens with zero attached hydrogens (tertiary/aromatic N) is 4. The van der Waals surface area contributed by atoms with Crippen LogP contribution in [-0.2, 0) is 9.59 Å². The van der Waals surface area contributed by atoms with Crippen LogP contribution in [0, 0.1) is 0 Å². The van der Waals surface area contributed by atoms with E-state index in [-0.39, 0.29) is 11.6 Å². The Kier molecular flexibility index (Phi) is 5.97. The summed E-state index contributed by atoms with van der Waals surface area (Å²) >= 11 is 2.91. The number of carbonyl (C=O) groups is 2. The van der Waals surface area contributed by atoms with Crippen LogP contribution in [0.5, 0.6) is 11.5 Å². The van der Waals surface area contributed by atoms with Crippen molar-refractivity contribution in [3.8, 4) is 11.5 Å². The van der Waals surface area contributed by atoms with Crippen molar-refractivity contribution < 1.29 is 14.3 Å². The van der Waals surface area contributed by atoms with Gasteiger partial charge in [0.2, 0.25) is 10.3 Å². The molecule has 0 fully saturated rings. The van der Waals surface area contributed by atoms with Crippen LogP contribution in [0.25, 0.3) is 20.4 Å². The second-order valence-corrected chi connectivity index (χ2v) is 9.90. The van der Waals surface area contributed by atoms with E-state index >= 15 is 0 Å². The number of aromatic nitrogens is 2. The van der Waals surface area contributed by atoms with Gasteiger partial charge in [-0.05, 0) is 72.9 Å². The Labute approximate surface area is 217 Å². The molecular formula is C26H16N6O3S2. The smallest absolute Gasteiger partial charge is 0.204 e. The second kappa shape index (κ2) is 9.72. The van der Waals surface area contributed by atoms with Crippen molar-refractivity contribution in [1.82, 2.24) is 9.97 Å². The number of ketones is 2. The average Bonchev–Trinajstić information content (AvgIpc) is 3.51. The zero-order chi connectivity index (χ0) is 25.2. The zero-order valence-corrected chi connectivity index (χ0v) is 20.5. The number of benzene rings is 2. The molecule has 2 N–H and O–H groups in total. The standard InChI is InChI=1S/C26H16N6O3S2/c33-17-5-1-15(2-6-17)29-31-25-27-21-11-9-19(13-23(21)36-25)35-20-10-12-22-24(14-20)37-26(28-22)32-30-16-3-7-18(34)8-4-16/h1-14H,(H,27,31)(H,28,32).